The Hall–Kier alpha value is -2.82. The van der Waals surface area contributed by atoms with E-state index in [0.29, 0.717) is 35.9 Å². The molecule has 1 saturated heterocycles. The number of aromatic nitrogens is 2. The number of hydrogen-bond acceptors (Lipinski definition) is 6. The molecule has 0 radical (unpaired) electrons. The Balaban J connectivity index is 1.75. The number of likely N-dealkylation sites (tertiary alicyclic amines) is 1. The van der Waals surface area contributed by atoms with E-state index in [1.54, 1.807) is 7.05 Å². The normalized spacial score (nSPS) is 22.4. The molecule has 0 bridgehead atoms. The van der Waals surface area contributed by atoms with E-state index in [4.69, 9.17) is 17.3 Å². The van der Waals surface area contributed by atoms with Gasteiger partial charge in [-0.1, -0.05) is 43.4 Å². The van der Waals surface area contributed by atoms with Crippen molar-refractivity contribution < 1.29 is 9.90 Å². The molecule has 0 spiro atoms. The fraction of sp³-hybridized carbons (Fsp3) is 0.381. The van der Waals surface area contributed by atoms with Crippen LogP contribution in [0.3, 0.4) is 0 Å². The molecule has 3 heterocycles. The zero-order chi connectivity index (χ0) is 21.0. The molecule has 2 aliphatic heterocycles. The zero-order valence-electron chi connectivity index (χ0n) is 16.5. The van der Waals surface area contributed by atoms with Crippen molar-refractivity contribution >= 4 is 35.0 Å². The average Bonchev–Trinajstić information content (AvgIpc) is 3.10. The van der Waals surface area contributed by atoms with Crippen LogP contribution in [0.1, 0.15) is 31.4 Å². The molecule has 2 aromatic rings. The first-order valence-corrected chi connectivity index (χ1v) is 9.70. The Morgan fingerprint density at radius 3 is 2.79 bits per heavy atom. The summed E-state index contributed by atoms with van der Waals surface area (Å²) in [6.45, 7) is 5.45. The number of nitrogen functional groups attached to an aromatic ring is 1. The van der Waals surface area contributed by atoms with Gasteiger partial charge in [-0.3, -0.25) is 4.79 Å². The smallest absolute Gasteiger partial charge is 0.267 e. The molecule has 1 amide bonds. The number of nitrogens with zero attached hydrogens (tertiary/aromatic N) is 4. The number of aliphatic hydroxyl groups is 1. The van der Waals surface area contributed by atoms with Crippen molar-refractivity contribution in [2.75, 3.05) is 30.8 Å². The maximum absolute atomic E-state index is 12.2. The van der Waals surface area contributed by atoms with E-state index in [-0.39, 0.29) is 17.3 Å². The summed E-state index contributed by atoms with van der Waals surface area (Å²) in [4.78, 5) is 23.9. The van der Waals surface area contributed by atoms with Gasteiger partial charge in [-0.25, -0.2) is 4.98 Å². The molecular weight excluding hydrogens is 390 g/mol. The molecule has 1 atom stereocenters. The Morgan fingerprint density at radius 1 is 1.34 bits per heavy atom. The molecule has 0 saturated carbocycles. The quantitative estimate of drug-likeness (QED) is 0.697. The predicted molar refractivity (Wildman–Crippen MR) is 112 cm³/mol. The molecule has 1 fully saturated rings. The van der Waals surface area contributed by atoms with Crippen molar-refractivity contribution in [3.05, 3.63) is 40.5 Å². The van der Waals surface area contributed by atoms with Crippen LogP contribution in [0.4, 0.5) is 17.5 Å². The first kappa shape index (κ1) is 19.5. The molecule has 4 rings (SSSR count). The largest absolute Gasteiger partial charge is 0.369 e. The van der Waals surface area contributed by atoms with E-state index in [0.717, 1.165) is 11.3 Å². The van der Waals surface area contributed by atoms with Gasteiger partial charge in [-0.15, -0.1) is 0 Å². The molecule has 0 aliphatic carbocycles. The molecule has 1 aromatic heterocycles. The molecule has 8 heteroatoms. The van der Waals surface area contributed by atoms with Gasteiger partial charge in [0.15, 0.2) is 5.82 Å². The van der Waals surface area contributed by atoms with Gasteiger partial charge in [0.2, 0.25) is 11.5 Å². The van der Waals surface area contributed by atoms with Crippen LogP contribution in [0.5, 0.6) is 0 Å². The van der Waals surface area contributed by atoms with Gasteiger partial charge in [0, 0.05) is 43.2 Å². The highest BCUT2D eigenvalue weighted by Crippen LogP contribution is 2.45. The van der Waals surface area contributed by atoms with Crippen LogP contribution in [0.2, 0.25) is 5.02 Å². The van der Waals surface area contributed by atoms with E-state index >= 15 is 0 Å². The number of nitrogens with two attached hydrogens (primary N) is 1. The number of fused-ring (bicyclic) bond motifs is 1. The second kappa shape index (κ2) is 6.61. The van der Waals surface area contributed by atoms with Crippen molar-refractivity contribution in [1.82, 2.24) is 14.9 Å². The van der Waals surface area contributed by atoms with E-state index in [9.17, 15) is 9.90 Å². The molecular formula is C21H22ClN5O2. The third kappa shape index (κ3) is 3.28. The molecule has 1 unspecified atom stereocenters. The van der Waals surface area contributed by atoms with Crippen molar-refractivity contribution in [3.63, 3.8) is 0 Å². The van der Waals surface area contributed by atoms with Crippen molar-refractivity contribution in [1.29, 1.82) is 0 Å². The molecule has 29 heavy (non-hydrogen) atoms. The van der Waals surface area contributed by atoms with Gasteiger partial charge in [0.25, 0.3) is 5.91 Å². The number of likely N-dealkylation sites (N-methyl/N-ethyl adjacent to an activating group) is 1. The highest BCUT2D eigenvalue weighted by Gasteiger charge is 2.42. The van der Waals surface area contributed by atoms with Crippen molar-refractivity contribution in [2.45, 2.75) is 31.3 Å². The summed E-state index contributed by atoms with van der Waals surface area (Å²) in [5.41, 5.74) is 6.76. The third-order valence-electron chi connectivity index (χ3n) is 5.49. The number of amides is 1. The maximum atomic E-state index is 12.2. The van der Waals surface area contributed by atoms with E-state index in [1.165, 1.54) is 11.1 Å². The topological polar surface area (TPSA) is 95.6 Å². The number of rotatable bonds is 1. The standard InChI is InChI=1S/C21H22ClN5O2/c1-20(2)12-27(17-15(22)11-24-19(23)25-17)16-10-13(4-5-14(16)20)6-7-21(29)8-9-26(3)18(21)28/h4-5,10-11,29H,8-9,12H2,1-3H3,(H2,23,24,25). The van der Waals surface area contributed by atoms with Gasteiger partial charge < -0.3 is 20.6 Å². The number of benzene rings is 1. The Kier molecular flexibility index (Phi) is 4.45. The Morgan fingerprint density at radius 2 is 2.10 bits per heavy atom. The third-order valence-corrected chi connectivity index (χ3v) is 5.76. The monoisotopic (exact) mass is 411 g/mol. The summed E-state index contributed by atoms with van der Waals surface area (Å²) >= 11 is 6.35. The van der Waals surface area contributed by atoms with Gasteiger partial charge in [0.1, 0.15) is 5.02 Å². The van der Waals surface area contributed by atoms with Crippen LogP contribution < -0.4 is 10.6 Å². The van der Waals surface area contributed by atoms with E-state index in [2.05, 4.69) is 35.7 Å². The Labute approximate surface area is 174 Å². The lowest BCUT2D eigenvalue weighted by Crippen LogP contribution is -2.37. The fourth-order valence-electron chi connectivity index (χ4n) is 3.87. The average molecular weight is 412 g/mol. The number of carbonyl (C=O) groups excluding carboxylic acids is 1. The summed E-state index contributed by atoms with van der Waals surface area (Å²) in [5, 5.41) is 11.0. The van der Waals surface area contributed by atoms with Crippen LogP contribution in [-0.2, 0) is 10.2 Å². The lowest BCUT2D eigenvalue weighted by atomic mass is 9.86. The SMILES string of the molecule is CN1CCC(O)(C#Cc2ccc3c(c2)N(c2nc(N)ncc2Cl)CC3(C)C)C1=O. The van der Waals surface area contributed by atoms with Crippen LogP contribution >= 0.6 is 11.6 Å². The summed E-state index contributed by atoms with van der Waals surface area (Å²) in [5.74, 6) is 6.06. The number of hydrogen-bond donors (Lipinski definition) is 2. The van der Waals surface area contributed by atoms with Gasteiger partial charge in [0.05, 0.1) is 6.20 Å². The Bertz CT molecular complexity index is 1070. The molecule has 1 aromatic carbocycles. The second-order valence-electron chi connectivity index (χ2n) is 8.19. The van der Waals surface area contributed by atoms with E-state index in [1.807, 2.05) is 23.1 Å². The second-order valence-corrected chi connectivity index (χ2v) is 8.60. The number of halogens is 1. The summed E-state index contributed by atoms with van der Waals surface area (Å²) in [6.07, 6.45) is 1.79. The minimum absolute atomic E-state index is 0.132. The summed E-state index contributed by atoms with van der Waals surface area (Å²) in [6, 6.07) is 5.85. The van der Waals surface area contributed by atoms with Crippen molar-refractivity contribution in [2.24, 2.45) is 0 Å². The molecule has 7 nitrogen and oxygen atoms in total. The van der Waals surface area contributed by atoms with Gasteiger partial charge in [-0.2, -0.15) is 4.98 Å². The minimum Gasteiger partial charge on any atom is -0.369 e. The zero-order valence-corrected chi connectivity index (χ0v) is 17.3. The van der Waals surface area contributed by atoms with Crippen molar-refractivity contribution in [3.8, 4) is 11.8 Å². The van der Waals surface area contributed by atoms with Crippen LogP contribution in [-0.4, -0.2) is 51.6 Å². The summed E-state index contributed by atoms with van der Waals surface area (Å²) in [7, 11) is 1.66. The number of carbonyl (C=O) groups is 1. The predicted octanol–water partition coefficient (Wildman–Crippen LogP) is 2.09. The molecule has 3 N–H and O–H groups in total. The van der Waals surface area contributed by atoms with Gasteiger partial charge >= 0.3 is 0 Å². The van der Waals surface area contributed by atoms with Crippen LogP contribution in [0, 0.1) is 11.8 Å². The van der Waals surface area contributed by atoms with Crippen LogP contribution in [0.15, 0.2) is 24.4 Å². The van der Waals surface area contributed by atoms with E-state index < -0.39 is 5.60 Å². The molecule has 2 aliphatic rings. The highest BCUT2D eigenvalue weighted by atomic mass is 35.5. The lowest BCUT2D eigenvalue weighted by Gasteiger charge is -2.22. The fourth-order valence-corrected chi connectivity index (χ4v) is 4.06. The van der Waals surface area contributed by atoms with Crippen LogP contribution in [0.25, 0.3) is 0 Å². The maximum Gasteiger partial charge on any atom is 0.267 e. The first-order chi connectivity index (χ1) is 13.6. The number of anilines is 3. The highest BCUT2D eigenvalue weighted by molar-refractivity contribution is 6.33. The lowest BCUT2D eigenvalue weighted by molar-refractivity contribution is -0.137. The molecule has 150 valence electrons. The van der Waals surface area contributed by atoms with Gasteiger partial charge in [-0.05, 0) is 17.7 Å². The first-order valence-electron chi connectivity index (χ1n) is 9.32. The summed E-state index contributed by atoms with van der Waals surface area (Å²) < 4.78 is 0. The minimum atomic E-state index is -1.63.